The summed E-state index contributed by atoms with van der Waals surface area (Å²) < 4.78 is 4.82. The molecule has 0 amide bonds. The highest BCUT2D eigenvalue weighted by Crippen LogP contribution is 2.23. The van der Waals surface area contributed by atoms with Gasteiger partial charge in [-0.15, -0.1) is 0 Å². The molecular weight excluding hydrogens is 260 g/mol. The molecule has 0 spiro atoms. The molecule has 0 heterocycles. The number of hydrogen-bond donors (Lipinski definition) is 0. The summed E-state index contributed by atoms with van der Waals surface area (Å²) in [5.74, 6) is 0.0418. The average Bonchev–Trinajstić information content (AvgIpc) is 2.54. The molecule has 0 radical (unpaired) electrons. The van der Waals surface area contributed by atoms with Crippen LogP contribution in [0.5, 0.6) is 0 Å². The van der Waals surface area contributed by atoms with Crippen LogP contribution in [-0.2, 0) is 16.0 Å². The number of carbonyl (C=O) groups is 1. The molecule has 0 aliphatic carbocycles. The fourth-order valence-electron chi connectivity index (χ4n) is 2.56. The van der Waals surface area contributed by atoms with Gasteiger partial charge in [-0.1, -0.05) is 61.5 Å². The minimum Gasteiger partial charge on any atom is -0.469 e. The summed E-state index contributed by atoms with van der Waals surface area (Å²) >= 11 is 0. The van der Waals surface area contributed by atoms with Crippen LogP contribution in [0.25, 0.3) is 0 Å². The van der Waals surface area contributed by atoms with Gasteiger partial charge in [0, 0.05) is 0 Å². The van der Waals surface area contributed by atoms with Gasteiger partial charge in [-0.05, 0) is 36.0 Å². The molecule has 0 saturated carbocycles. The van der Waals surface area contributed by atoms with Gasteiger partial charge in [0.25, 0.3) is 0 Å². The number of methoxy groups -OCH3 is 1. The largest absolute Gasteiger partial charge is 0.469 e. The van der Waals surface area contributed by atoms with E-state index in [4.69, 9.17) is 4.74 Å². The minimum absolute atomic E-state index is 0.191. The maximum Gasteiger partial charge on any atom is 0.312 e. The van der Waals surface area contributed by atoms with Gasteiger partial charge in [0.1, 0.15) is 0 Å². The smallest absolute Gasteiger partial charge is 0.312 e. The van der Waals surface area contributed by atoms with Gasteiger partial charge in [0.05, 0.1) is 13.0 Å². The first-order chi connectivity index (χ1) is 10.1. The number of ether oxygens (including phenoxy) is 1. The fraction of sp³-hybridized carbons (Fsp3) is 0.316. The summed E-state index contributed by atoms with van der Waals surface area (Å²) in [5, 5.41) is 0. The van der Waals surface area contributed by atoms with Gasteiger partial charge in [-0.2, -0.15) is 0 Å². The van der Waals surface area contributed by atoms with Crippen molar-refractivity contribution in [1.82, 2.24) is 0 Å². The van der Waals surface area contributed by atoms with Gasteiger partial charge < -0.3 is 4.74 Å². The third-order valence-corrected chi connectivity index (χ3v) is 3.92. The van der Waals surface area contributed by atoms with E-state index in [1.165, 1.54) is 18.2 Å². The first-order valence-electron chi connectivity index (χ1n) is 7.33. The van der Waals surface area contributed by atoms with E-state index in [0.717, 1.165) is 12.0 Å². The Morgan fingerprint density at radius 2 is 1.67 bits per heavy atom. The van der Waals surface area contributed by atoms with Crippen LogP contribution in [0.1, 0.15) is 42.4 Å². The average molecular weight is 282 g/mol. The molecule has 2 aromatic carbocycles. The van der Waals surface area contributed by atoms with Gasteiger partial charge in [-0.3, -0.25) is 4.79 Å². The van der Waals surface area contributed by atoms with Crippen LogP contribution >= 0.6 is 0 Å². The third-order valence-electron chi connectivity index (χ3n) is 3.92. The lowest BCUT2D eigenvalue weighted by molar-refractivity contribution is -0.141. The van der Waals surface area contributed by atoms with Crippen LogP contribution in [-0.4, -0.2) is 13.1 Å². The highest BCUT2D eigenvalue weighted by Gasteiger charge is 2.16. The highest BCUT2D eigenvalue weighted by molar-refractivity contribution is 5.77. The van der Waals surface area contributed by atoms with Gasteiger partial charge >= 0.3 is 5.97 Å². The molecule has 2 nitrogen and oxygen atoms in total. The van der Waals surface area contributed by atoms with E-state index in [1.807, 2.05) is 25.1 Å². The lowest BCUT2D eigenvalue weighted by Crippen LogP contribution is -2.11. The predicted molar refractivity (Wildman–Crippen MR) is 85.4 cm³/mol. The first kappa shape index (κ1) is 15.3. The third kappa shape index (κ3) is 3.94. The maximum absolute atomic E-state index is 11.6. The second-order valence-corrected chi connectivity index (χ2v) is 5.51. The Kier molecular flexibility index (Phi) is 5.15. The second-order valence-electron chi connectivity index (χ2n) is 5.51. The van der Waals surface area contributed by atoms with E-state index in [0.29, 0.717) is 5.92 Å². The minimum atomic E-state index is -0.220. The molecule has 0 fully saturated rings. The van der Waals surface area contributed by atoms with E-state index in [2.05, 4.69) is 43.3 Å². The lowest BCUT2D eigenvalue weighted by Gasteiger charge is -2.14. The van der Waals surface area contributed by atoms with Crippen LogP contribution in [0.2, 0.25) is 0 Å². The van der Waals surface area contributed by atoms with Crippen molar-refractivity contribution in [2.75, 3.05) is 7.11 Å². The topological polar surface area (TPSA) is 26.3 Å². The van der Waals surface area contributed by atoms with Crippen molar-refractivity contribution in [1.29, 1.82) is 0 Å². The van der Waals surface area contributed by atoms with E-state index < -0.39 is 0 Å². The number of benzene rings is 2. The normalized spacial score (nSPS) is 13.5. The Balaban J connectivity index is 2.13. The summed E-state index contributed by atoms with van der Waals surface area (Å²) in [7, 11) is 1.43. The molecular formula is C19H22O2. The Labute approximate surface area is 126 Å². The summed E-state index contributed by atoms with van der Waals surface area (Å²) in [6.45, 7) is 4.11. The van der Waals surface area contributed by atoms with Crippen molar-refractivity contribution >= 4 is 5.97 Å². The van der Waals surface area contributed by atoms with Crippen LogP contribution in [0.4, 0.5) is 0 Å². The molecule has 0 unspecified atom stereocenters. The zero-order valence-electron chi connectivity index (χ0n) is 12.9. The maximum atomic E-state index is 11.6. The molecule has 2 atom stereocenters. The zero-order chi connectivity index (χ0) is 15.2. The van der Waals surface area contributed by atoms with Crippen molar-refractivity contribution in [2.45, 2.75) is 32.1 Å². The molecule has 21 heavy (non-hydrogen) atoms. The van der Waals surface area contributed by atoms with Crippen molar-refractivity contribution < 1.29 is 9.53 Å². The number of esters is 1. The molecule has 0 aliphatic heterocycles. The van der Waals surface area contributed by atoms with Gasteiger partial charge in [0.15, 0.2) is 0 Å². The lowest BCUT2D eigenvalue weighted by atomic mass is 9.91. The Hall–Kier alpha value is -2.09. The van der Waals surface area contributed by atoms with Crippen molar-refractivity contribution in [3.05, 3.63) is 71.3 Å². The van der Waals surface area contributed by atoms with Gasteiger partial charge in [-0.25, -0.2) is 0 Å². The first-order valence-corrected chi connectivity index (χ1v) is 7.33. The molecule has 0 aromatic heterocycles. The van der Waals surface area contributed by atoms with Crippen LogP contribution in [0.15, 0.2) is 54.6 Å². The van der Waals surface area contributed by atoms with Crippen molar-refractivity contribution in [2.24, 2.45) is 0 Å². The highest BCUT2D eigenvalue weighted by atomic mass is 16.5. The van der Waals surface area contributed by atoms with E-state index in [1.54, 1.807) is 0 Å². The van der Waals surface area contributed by atoms with Crippen molar-refractivity contribution in [3.63, 3.8) is 0 Å². The predicted octanol–water partition coefficient (Wildman–Crippen LogP) is 4.31. The summed E-state index contributed by atoms with van der Waals surface area (Å²) in [4.78, 5) is 11.6. The van der Waals surface area contributed by atoms with Crippen LogP contribution in [0.3, 0.4) is 0 Å². The quantitative estimate of drug-likeness (QED) is 0.764. The summed E-state index contributed by atoms with van der Waals surface area (Å²) in [6.07, 6.45) is 0.964. The number of rotatable bonds is 5. The van der Waals surface area contributed by atoms with Crippen LogP contribution in [0, 0.1) is 0 Å². The SMILES string of the molecule is COC(=O)[C@@H](C)c1cccc(C[C@@H](C)c2ccccc2)c1. The molecule has 110 valence electrons. The molecule has 2 rings (SSSR count). The molecule has 0 bridgehead atoms. The number of carbonyl (C=O) groups excluding carboxylic acids is 1. The van der Waals surface area contributed by atoms with E-state index >= 15 is 0 Å². The Morgan fingerprint density at radius 3 is 2.33 bits per heavy atom. The molecule has 2 heteroatoms. The zero-order valence-corrected chi connectivity index (χ0v) is 12.9. The summed E-state index contributed by atoms with van der Waals surface area (Å²) in [6, 6.07) is 18.7. The molecule has 2 aromatic rings. The Bertz CT molecular complexity index is 590. The molecule has 0 N–H and O–H groups in total. The summed E-state index contributed by atoms with van der Waals surface area (Å²) in [5.41, 5.74) is 3.60. The fourth-order valence-corrected chi connectivity index (χ4v) is 2.56. The molecule has 0 aliphatic rings. The number of hydrogen-bond acceptors (Lipinski definition) is 2. The molecule has 0 saturated heterocycles. The monoisotopic (exact) mass is 282 g/mol. The van der Waals surface area contributed by atoms with Crippen LogP contribution < -0.4 is 0 Å². The standard InChI is InChI=1S/C19H22O2/c1-14(17-9-5-4-6-10-17)12-16-8-7-11-18(13-16)15(2)19(20)21-3/h4-11,13-15H,12H2,1-3H3/t14-,15+/m1/s1. The Morgan fingerprint density at radius 1 is 1.00 bits per heavy atom. The van der Waals surface area contributed by atoms with E-state index in [-0.39, 0.29) is 11.9 Å². The second kappa shape index (κ2) is 7.07. The van der Waals surface area contributed by atoms with Crippen molar-refractivity contribution in [3.8, 4) is 0 Å². The van der Waals surface area contributed by atoms with Gasteiger partial charge in [0.2, 0.25) is 0 Å². The van der Waals surface area contributed by atoms with E-state index in [9.17, 15) is 4.79 Å².